The molecule has 1 aliphatic heterocycles. The van der Waals surface area contributed by atoms with E-state index in [1.165, 1.54) is 19.2 Å². The van der Waals surface area contributed by atoms with Crippen molar-refractivity contribution in [1.82, 2.24) is 14.9 Å². The summed E-state index contributed by atoms with van der Waals surface area (Å²) < 4.78 is 66.1. The van der Waals surface area contributed by atoms with E-state index in [4.69, 9.17) is 4.74 Å². The van der Waals surface area contributed by atoms with E-state index < -0.39 is 17.7 Å². The molecule has 1 saturated carbocycles. The SMILES string of the molecule is C=C(CCC1CCCC1)NC1(C(F)(F)F)C(=C)Nc2nc3c(F)c(-c4ccc(OC)cc4)ccc3n21. The first-order chi connectivity index (χ1) is 17.2. The van der Waals surface area contributed by atoms with Crippen LogP contribution in [0.15, 0.2) is 61.0 Å². The Morgan fingerprint density at radius 3 is 2.53 bits per heavy atom. The second-order valence-electron chi connectivity index (χ2n) is 9.52. The maximum Gasteiger partial charge on any atom is 0.436 e. The molecule has 0 bridgehead atoms. The molecule has 2 aromatic carbocycles. The second-order valence-corrected chi connectivity index (χ2v) is 9.52. The fourth-order valence-electron chi connectivity index (χ4n) is 5.38. The van der Waals surface area contributed by atoms with Crippen LogP contribution in [-0.4, -0.2) is 22.8 Å². The quantitative estimate of drug-likeness (QED) is 0.341. The maximum atomic E-state index is 15.6. The highest BCUT2D eigenvalue weighted by molar-refractivity contribution is 5.87. The minimum Gasteiger partial charge on any atom is -0.497 e. The van der Waals surface area contributed by atoms with Crippen molar-refractivity contribution in [3.63, 3.8) is 0 Å². The molecule has 2 aliphatic rings. The van der Waals surface area contributed by atoms with E-state index in [9.17, 15) is 13.2 Å². The van der Waals surface area contributed by atoms with Crippen LogP contribution in [0.5, 0.6) is 5.75 Å². The monoisotopic (exact) mass is 500 g/mol. The Morgan fingerprint density at radius 1 is 1.19 bits per heavy atom. The summed E-state index contributed by atoms with van der Waals surface area (Å²) >= 11 is 0. The van der Waals surface area contributed by atoms with Gasteiger partial charge in [0.15, 0.2) is 5.82 Å². The number of rotatable bonds is 7. The van der Waals surface area contributed by atoms with Crippen LogP contribution in [0.1, 0.15) is 38.5 Å². The van der Waals surface area contributed by atoms with Crippen molar-refractivity contribution in [2.75, 3.05) is 12.4 Å². The lowest BCUT2D eigenvalue weighted by molar-refractivity contribution is -0.205. The summed E-state index contributed by atoms with van der Waals surface area (Å²) in [6, 6.07) is 9.66. The molecular weight excluding hydrogens is 472 g/mol. The Kier molecular flexibility index (Phi) is 5.97. The van der Waals surface area contributed by atoms with Gasteiger partial charge < -0.3 is 15.4 Å². The minimum absolute atomic E-state index is 0.000621. The number of alkyl halides is 3. The van der Waals surface area contributed by atoms with Gasteiger partial charge in [0.05, 0.1) is 18.3 Å². The lowest BCUT2D eigenvalue weighted by atomic mass is 9.99. The highest BCUT2D eigenvalue weighted by Crippen LogP contribution is 2.49. The molecule has 5 nitrogen and oxygen atoms in total. The number of anilines is 1. The van der Waals surface area contributed by atoms with E-state index in [1.807, 2.05) is 0 Å². The van der Waals surface area contributed by atoms with Crippen molar-refractivity contribution in [3.05, 3.63) is 66.8 Å². The summed E-state index contributed by atoms with van der Waals surface area (Å²) in [5, 5.41) is 5.26. The zero-order valence-corrected chi connectivity index (χ0v) is 20.0. The zero-order chi connectivity index (χ0) is 25.7. The lowest BCUT2D eigenvalue weighted by Gasteiger charge is -2.36. The van der Waals surface area contributed by atoms with E-state index in [2.05, 4.69) is 28.8 Å². The Hall–Kier alpha value is -3.49. The van der Waals surface area contributed by atoms with Crippen LogP contribution in [0.25, 0.3) is 22.2 Å². The number of ether oxygens (including phenoxy) is 1. The third kappa shape index (κ3) is 3.81. The van der Waals surface area contributed by atoms with Crippen molar-refractivity contribution in [3.8, 4) is 16.9 Å². The fraction of sp³-hybridized carbons (Fsp3) is 0.370. The van der Waals surface area contributed by atoms with Gasteiger partial charge in [-0.3, -0.25) is 4.57 Å². The summed E-state index contributed by atoms with van der Waals surface area (Å²) in [6.07, 6.45) is 0.886. The molecule has 1 unspecified atom stereocenters. The molecule has 9 heteroatoms. The van der Waals surface area contributed by atoms with Crippen LogP contribution >= 0.6 is 0 Å². The van der Waals surface area contributed by atoms with Gasteiger partial charge in [-0.15, -0.1) is 0 Å². The highest BCUT2D eigenvalue weighted by atomic mass is 19.4. The molecule has 1 aliphatic carbocycles. The number of hydrogen-bond donors (Lipinski definition) is 2. The Bertz CT molecular complexity index is 1320. The number of nitrogens with one attached hydrogen (secondary N) is 2. The number of allylic oxidation sites excluding steroid dienone is 1. The van der Waals surface area contributed by atoms with Crippen molar-refractivity contribution in [2.45, 2.75) is 50.4 Å². The topological polar surface area (TPSA) is 51.1 Å². The van der Waals surface area contributed by atoms with Gasteiger partial charge in [0.1, 0.15) is 11.3 Å². The van der Waals surface area contributed by atoms with Crippen molar-refractivity contribution >= 4 is 17.0 Å². The van der Waals surface area contributed by atoms with E-state index in [-0.39, 0.29) is 33.9 Å². The van der Waals surface area contributed by atoms with Crippen LogP contribution in [0.3, 0.4) is 0 Å². The maximum absolute atomic E-state index is 15.6. The molecule has 2 N–H and O–H groups in total. The number of nitrogens with zero attached hydrogens (tertiary/aromatic N) is 2. The summed E-state index contributed by atoms with van der Waals surface area (Å²) in [7, 11) is 1.53. The molecular formula is C27H28F4N4O. The Morgan fingerprint density at radius 2 is 1.89 bits per heavy atom. The molecule has 0 spiro atoms. The standard InChI is InChI=1S/C27H28F4N4O/c1-16(8-9-18-6-4-5-7-18)34-26(27(29,30)31)17(2)32-25-33-24-22(35(25)26)15-14-21(23(24)28)19-10-12-20(36-3)13-11-19/h10-15,18,34H,1-2,4-9H2,3H3,(H,32,33). The first-order valence-corrected chi connectivity index (χ1v) is 12.0. The average Bonchev–Trinajstić information content (AvgIpc) is 3.55. The number of halogens is 4. The normalized spacial score (nSPS) is 20.0. The molecule has 190 valence electrons. The lowest BCUT2D eigenvalue weighted by Crippen LogP contribution is -2.57. The number of hydrogen-bond acceptors (Lipinski definition) is 4. The molecule has 0 radical (unpaired) electrons. The number of aromatic nitrogens is 2. The molecule has 1 aromatic heterocycles. The van der Waals surface area contributed by atoms with Crippen LogP contribution < -0.4 is 15.4 Å². The minimum atomic E-state index is -4.81. The van der Waals surface area contributed by atoms with E-state index in [0.29, 0.717) is 23.7 Å². The molecule has 2 heterocycles. The Balaban J connectivity index is 1.55. The van der Waals surface area contributed by atoms with Crippen molar-refractivity contribution in [2.24, 2.45) is 5.92 Å². The van der Waals surface area contributed by atoms with Crippen molar-refractivity contribution in [1.29, 1.82) is 0 Å². The predicted molar refractivity (Wildman–Crippen MR) is 132 cm³/mol. The Labute approximate surface area is 206 Å². The third-order valence-corrected chi connectivity index (χ3v) is 7.30. The van der Waals surface area contributed by atoms with Gasteiger partial charge in [0.2, 0.25) is 5.95 Å². The molecule has 3 aromatic rings. The van der Waals surface area contributed by atoms with Crippen molar-refractivity contribution < 1.29 is 22.3 Å². The van der Waals surface area contributed by atoms with E-state index in [0.717, 1.165) is 36.7 Å². The highest BCUT2D eigenvalue weighted by Gasteiger charge is 2.63. The van der Waals surface area contributed by atoms with Gasteiger partial charge in [-0.2, -0.15) is 13.2 Å². The van der Waals surface area contributed by atoms with Crippen LogP contribution in [0, 0.1) is 11.7 Å². The smallest absolute Gasteiger partial charge is 0.436 e. The van der Waals surface area contributed by atoms with E-state index >= 15 is 4.39 Å². The molecule has 0 saturated heterocycles. The van der Waals surface area contributed by atoms with Gasteiger partial charge >= 0.3 is 6.18 Å². The van der Waals surface area contributed by atoms with E-state index in [1.54, 1.807) is 24.3 Å². The average molecular weight is 501 g/mol. The molecule has 0 amide bonds. The summed E-state index contributed by atoms with van der Waals surface area (Å²) in [6.45, 7) is 7.56. The predicted octanol–water partition coefficient (Wildman–Crippen LogP) is 7.08. The number of methoxy groups -OCH3 is 1. The summed E-state index contributed by atoms with van der Waals surface area (Å²) in [5.74, 6) is 0.279. The van der Waals surface area contributed by atoms with Gasteiger partial charge in [0.25, 0.3) is 5.66 Å². The van der Waals surface area contributed by atoms with Gasteiger partial charge in [0, 0.05) is 11.3 Å². The molecule has 1 atom stereocenters. The molecule has 5 rings (SSSR count). The van der Waals surface area contributed by atoms with Crippen LogP contribution in [-0.2, 0) is 5.66 Å². The first kappa shape index (κ1) is 24.2. The van der Waals surface area contributed by atoms with Crippen LogP contribution in [0.2, 0.25) is 0 Å². The zero-order valence-electron chi connectivity index (χ0n) is 20.0. The molecule has 1 fully saturated rings. The van der Waals surface area contributed by atoms with Crippen LogP contribution in [0.4, 0.5) is 23.5 Å². The largest absolute Gasteiger partial charge is 0.497 e. The van der Waals surface area contributed by atoms with Gasteiger partial charge in [-0.05, 0) is 48.6 Å². The second kappa shape index (κ2) is 8.87. The summed E-state index contributed by atoms with van der Waals surface area (Å²) in [5.41, 5.74) is -2.19. The summed E-state index contributed by atoms with van der Waals surface area (Å²) in [4.78, 5) is 4.21. The third-order valence-electron chi connectivity index (χ3n) is 7.30. The number of benzene rings is 2. The number of imidazole rings is 1. The molecule has 36 heavy (non-hydrogen) atoms. The number of fused-ring (bicyclic) bond motifs is 3. The van der Waals surface area contributed by atoms with Gasteiger partial charge in [-0.25, -0.2) is 9.37 Å². The van der Waals surface area contributed by atoms with Gasteiger partial charge in [-0.1, -0.05) is 51.0 Å². The first-order valence-electron chi connectivity index (χ1n) is 12.0. The fourth-order valence-corrected chi connectivity index (χ4v) is 5.38.